The first-order valence-corrected chi connectivity index (χ1v) is 31.1. The number of para-hydroxylation sites is 6. The molecule has 0 bridgehead atoms. The van der Waals surface area contributed by atoms with Crippen LogP contribution in [0, 0.1) is 0 Å². The predicted molar refractivity (Wildman–Crippen MR) is 376 cm³/mol. The second-order valence-corrected chi connectivity index (χ2v) is 24.5. The van der Waals surface area contributed by atoms with Gasteiger partial charge in [0, 0.05) is 104 Å². The van der Waals surface area contributed by atoms with E-state index in [0.717, 1.165) is 95.5 Å². The fraction of sp³-hybridized carbons (Fsp3) is 0.100. The topological polar surface area (TPSA) is 117 Å². The van der Waals surface area contributed by atoms with Crippen molar-refractivity contribution < 1.29 is 13.3 Å². The SMILES string of the molecule is Brc1ccc2oc3ccccc3c2c1.C.N[C@@H]1CCCC[C@H]1N.c1ccc2c(c1)Cc1cc3c(cc1-2)[nH]c1ccccc13.c1ccc2c(c1)oc1ccc(-n3c4ccccc4c4cc5c(cc43)c3ccccc3n5-c3ccc4oc5ccccc5c4c3)cc12. The van der Waals surface area contributed by atoms with Gasteiger partial charge >= 0.3 is 0 Å². The third-order valence-electron chi connectivity index (χ3n) is 18.3. The number of aromatic amines is 1. The van der Waals surface area contributed by atoms with E-state index in [2.05, 4.69) is 224 Å². The normalized spacial score (nSPS) is 14.6. The Bertz CT molecular complexity index is 5560. The van der Waals surface area contributed by atoms with Crippen LogP contribution in [0.1, 0.15) is 44.2 Å². The lowest BCUT2D eigenvalue weighted by atomic mass is 9.92. The summed E-state index contributed by atoms with van der Waals surface area (Å²) in [6.07, 6.45) is 5.85. The van der Waals surface area contributed by atoms with Crippen LogP contribution in [0.5, 0.6) is 0 Å². The molecule has 0 aliphatic heterocycles. The number of rotatable bonds is 2. The van der Waals surface area contributed by atoms with Crippen LogP contribution >= 0.6 is 15.9 Å². The maximum absolute atomic E-state index is 6.18. The van der Waals surface area contributed by atoms with Gasteiger partial charge in [-0.15, -0.1) is 0 Å². The van der Waals surface area contributed by atoms with E-state index in [1.807, 2.05) is 54.6 Å². The number of fused-ring (bicyclic) bond motifs is 21. The van der Waals surface area contributed by atoms with Gasteiger partial charge in [-0.2, -0.15) is 0 Å². The molecule has 18 aromatic rings. The van der Waals surface area contributed by atoms with Crippen LogP contribution < -0.4 is 11.5 Å². The molecule has 432 valence electrons. The van der Waals surface area contributed by atoms with Gasteiger partial charge in [-0.1, -0.05) is 170 Å². The largest absolute Gasteiger partial charge is 0.456 e. The Kier molecular flexibility index (Phi) is 13.4. The maximum Gasteiger partial charge on any atom is 0.135 e. The van der Waals surface area contributed by atoms with Crippen molar-refractivity contribution in [2.75, 3.05) is 0 Å². The third kappa shape index (κ3) is 9.18. The number of hydrogen-bond donors (Lipinski definition) is 3. The molecule has 2 aliphatic rings. The molecule has 2 atom stereocenters. The Hall–Kier alpha value is -10.2. The van der Waals surface area contributed by atoms with Crippen LogP contribution in [0.15, 0.2) is 266 Å². The van der Waals surface area contributed by atoms with Crippen LogP contribution in [-0.2, 0) is 6.42 Å². The summed E-state index contributed by atoms with van der Waals surface area (Å²) < 4.78 is 23.9. The van der Waals surface area contributed by atoms with E-state index < -0.39 is 0 Å². The molecule has 12 aromatic carbocycles. The number of nitrogens with zero attached hydrogens (tertiary/aromatic N) is 2. The van der Waals surface area contributed by atoms with Crippen molar-refractivity contribution in [3.63, 3.8) is 0 Å². The fourth-order valence-corrected chi connectivity index (χ4v) is 14.4. The van der Waals surface area contributed by atoms with Crippen molar-refractivity contribution in [1.82, 2.24) is 14.1 Å². The molecule has 5 N–H and O–H groups in total. The monoisotopic (exact) mass is 1220 g/mol. The molecule has 2 aliphatic carbocycles. The molecule has 0 amide bonds. The number of nitrogens with two attached hydrogens (primary N) is 2. The summed E-state index contributed by atoms with van der Waals surface area (Å²) in [6.45, 7) is 0. The number of furan rings is 3. The number of nitrogens with one attached hydrogen (secondary N) is 1. The van der Waals surface area contributed by atoms with E-state index in [1.54, 1.807) is 0 Å². The van der Waals surface area contributed by atoms with Gasteiger partial charge in [-0.05, 0) is 157 Å². The van der Waals surface area contributed by atoms with Crippen molar-refractivity contribution >= 4 is 147 Å². The maximum atomic E-state index is 6.18. The van der Waals surface area contributed by atoms with Gasteiger partial charge in [0.05, 0.1) is 22.1 Å². The molecule has 0 unspecified atom stereocenters. The van der Waals surface area contributed by atoms with Gasteiger partial charge in [0.15, 0.2) is 0 Å². The first-order valence-electron chi connectivity index (χ1n) is 30.3. The first kappa shape index (κ1) is 54.2. The standard InChI is InChI=1S/C42H24N2O2.C19H13N.C12H7BrO.C6H14N2.CH4/c1-5-13-35-27(9-1)31-23-38-32(24-37(31)43(35)25-17-19-41-33(21-25)29-11-3-7-15-39(29)45-41)28-10-2-6-14-36(28)44(38)26-18-20-42-34(22-26)30-12-4-8-16-40(30)46-42;1-2-6-14-12(5-1)9-13-10-17-15-7-3-4-8-18(15)20-19(17)11-16(13)14;13-8-5-6-12-10(7-8)9-3-1-2-4-11(9)14-12;7-5-3-1-2-4-6(5)8;/h1-24H;1-8,10-11,20H,9H2;1-7H;5-6H,1-4,7-8H2;1H4/t;;;5-,6-;/m...1./s1. The van der Waals surface area contributed by atoms with Crippen molar-refractivity contribution in [2.45, 2.75) is 51.6 Å². The van der Waals surface area contributed by atoms with Crippen molar-refractivity contribution in [3.05, 3.63) is 264 Å². The summed E-state index contributed by atoms with van der Waals surface area (Å²) in [4.78, 5) is 3.54. The van der Waals surface area contributed by atoms with Gasteiger partial charge in [0.2, 0.25) is 0 Å². The molecule has 1 fully saturated rings. The molecule has 89 heavy (non-hydrogen) atoms. The lowest BCUT2D eigenvalue weighted by Crippen LogP contribution is -2.43. The predicted octanol–water partition coefficient (Wildman–Crippen LogP) is 21.8. The Morgan fingerprint density at radius 2 is 0.775 bits per heavy atom. The summed E-state index contributed by atoms with van der Waals surface area (Å²) in [7, 11) is 0. The third-order valence-corrected chi connectivity index (χ3v) is 18.8. The van der Waals surface area contributed by atoms with E-state index in [0.29, 0.717) is 0 Å². The highest BCUT2D eigenvalue weighted by Gasteiger charge is 2.23. The molecule has 1 saturated carbocycles. The number of aromatic nitrogens is 3. The van der Waals surface area contributed by atoms with Crippen LogP contribution in [-0.4, -0.2) is 26.2 Å². The average molecular weight is 1220 g/mol. The van der Waals surface area contributed by atoms with Crippen LogP contribution in [0.3, 0.4) is 0 Å². The number of H-pyrrole nitrogens is 1. The highest BCUT2D eigenvalue weighted by Crippen LogP contribution is 2.43. The minimum Gasteiger partial charge on any atom is -0.456 e. The lowest BCUT2D eigenvalue weighted by molar-refractivity contribution is 0.385. The van der Waals surface area contributed by atoms with Crippen LogP contribution in [0.2, 0.25) is 0 Å². The highest BCUT2D eigenvalue weighted by atomic mass is 79.9. The lowest BCUT2D eigenvalue weighted by Gasteiger charge is -2.24. The molecule has 8 nitrogen and oxygen atoms in total. The van der Waals surface area contributed by atoms with E-state index in [-0.39, 0.29) is 19.5 Å². The summed E-state index contributed by atoms with van der Waals surface area (Å²) in [5.74, 6) is 0. The van der Waals surface area contributed by atoms with Crippen molar-refractivity contribution in [1.29, 1.82) is 0 Å². The summed E-state index contributed by atoms with van der Waals surface area (Å²) in [5, 5.41) is 14.4. The summed E-state index contributed by atoms with van der Waals surface area (Å²) in [5.41, 5.74) is 31.9. The van der Waals surface area contributed by atoms with Crippen molar-refractivity contribution in [3.8, 4) is 22.5 Å². The molecule has 6 aromatic heterocycles. The zero-order valence-electron chi connectivity index (χ0n) is 48.0. The van der Waals surface area contributed by atoms with E-state index in [9.17, 15) is 0 Å². The van der Waals surface area contributed by atoms with Gasteiger partial charge in [-0.3, -0.25) is 0 Å². The molecule has 0 saturated heterocycles. The molecule has 0 radical (unpaired) electrons. The zero-order chi connectivity index (χ0) is 58.6. The van der Waals surface area contributed by atoms with E-state index in [4.69, 9.17) is 24.7 Å². The molecule has 20 rings (SSSR count). The van der Waals surface area contributed by atoms with E-state index in [1.165, 1.54) is 106 Å². The van der Waals surface area contributed by atoms with Gasteiger partial charge in [0.1, 0.15) is 33.5 Å². The number of benzene rings is 12. The Morgan fingerprint density at radius 3 is 1.31 bits per heavy atom. The second-order valence-electron chi connectivity index (χ2n) is 23.6. The minimum atomic E-state index is 0. The molecule has 0 spiro atoms. The molecular formula is C80H62BrN5O3. The summed E-state index contributed by atoms with van der Waals surface area (Å²) >= 11 is 3.46. The van der Waals surface area contributed by atoms with Crippen LogP contribution in [0.4, 0.5) is 0 Å². The van der Waals surface area contributed by atoms with Crippen molar-refractivity contribution in [2.24, 2.45) is 11.5 Å². The minimum absolute atomic E-state index is 0. The number of hydrogen-bond acceptors (Lipinski definition) is 5. The van der Waals surface area contributed by atoms with Gasteiger partial charge in [0.25, 0.3) is 0 Å². The van der Waals surface area contributed by atoms with Crippen LogP contribution in [0.25, 0.3) is 154 Å². The number of halogens is 1. The summed E-state index contributed by atoms with van der Waals surface area (Å²) in [6, 6.07) is 88.5. The Balaban J connectivity index is 0.000000120. The Morgan fingerprint density at radius 1 is 0.337 bits per heavy atom. The zero-order valence-corrected chi connectivity index (χ0v) is 49.6. The highest BCUT2D eigenvalue weighted by molar-refractivity contribution is 9.10. The first-order chi connectivity index (χ1) is 43.3. The van der Waals surface area contributed by atoms with E-state index >= 15 is 0 Å². The molecule has 6 heterocycles. The average Bonchev–Trinajstić information content (AvgIpc) is 1.86. The fourth-order valence-electron chi connectivity index (χ4n) is 14.1. The molecule has 9 heteroatoms. The Labute approximate surface area is 521 Å². The smallest absolute Gasteiger partial charge is 0.135 e. The molecular weight excluding hydrogens is 1160 g/mol. The second kappa shape index (κ2) is 21.9. The van der Waals surface area contributed by atoms with Gasteiger partial charge < -0.3 is 38.8 Å². The van der Waals surface area contributed by atoms with Gasteiger partial charge in [-0.25, -0.2) is 0 Å². The quantitative estimate of drug-likeness (QED) is 0.159.